The number of nitrogens with zero attached hydrogens (tertiary/aromatic N) is 2. The Morgan fingerprint density at radius 2 is 1.84 bits per heavy atom. The highest BCUT2D eigenvalue weighted by atomic mass is 127. The number of carbonyl (C=O) groups is 1. The van der Waals surface area contributed by atoms with Gasteiger partial charge in [-0.25, -0.2) is 4.99 Å². The Morgan fingerprint density at radius 1 is 1.16 bits per heavy atom. The minimum absolute atomic E-state index is 0.0334. The quantitative estimate of drug-likeness (QED) is 0.0978. The molecule has 0 radical (unpaired) electrons. The summed E-state index contributed by atoms with van der Waals surface area (Å²) in [4.78, 5) is 27.4. The van der Waals surface area contributed by atoms with E-state index in [1.165, 1.54) is 11.8 Å². The number of rotatable bonds is 8. The predicted molar refractivity (Wildman–Crippen MR) is 156 cm³/mol. The van der Waals surface area contributed by atoms with Crippen molar-refractivity contribution in [1.29, 1.82) is 0 Å². The number of halogens is 2. The van der Waals surface area contributed by atoms with Gasteiger partial charge in [-0.15, -0.1) is 0 Å². The van der Waals surface area contributed by atoms with Gasteiger partial charge in [0.25, 0.3) is 11.6 Å². The standard InChI is InChI=1S/C24H17BrIN3O7S2/c1-2-35-20-12-14(13-21-23(30)28-24(37-21)27-16-5-3-15(25)4-6-16)11-19(26)22(20)36-38(33,34)18-9-7-17(8-10-18)29(31)32/h3-13H,2H2,1H3,(H,27,28,30)/b21-13+. The van der Waals surface area contributed by atoms with Crippen LogP contribution in [0.3, 0.4) is 0 Å². The lowest BCUT2D eigenvalue weighted by molar-refractivity contribution is -0.384. The smallest absolute Gasteiger partial charge is 0.339 e. The van der Waals surface area contributed by atoms with Gasteiger partial charge in [-0.2, -0.15) is 8.42 Å². The number of amides is 1. The van der Waals surface area contributed by atoms with Crippen molar-refractivity contribution in [1.82, 2.24) is 5.32 Å². The first-order valence-electron chi connectivity index (χ1n) is 10.8. The molecular formula is C24H17BrIN3O7S2. The largest absolute Gasteiger partial charge is 0.490 e. The minimum atomic E-state index is -4.31. The third-order valence-electron chi connectivity index (χ3n) is 4.87. The van der Waals surface area contributed by atoms with E-state index in [9.17, 15) is 23.3 Å². The number of hydrogen-bond donors (Lipinski definition) is 1. The SMILES string of the molecule is CCOc1cc(/C=C2/SC(=Nc3ccc(Br)cc3)NC2=O)cc(I)c1OS(=O)(=O)c1ccc([N+](=O)[O-])cc1. The third-order valence-corrected chi connectivity index (χ3v) is 8.34. The van der Waals surface area contributed by atoms with Crippen LogP contribution in [-0.4, -0.2) is 31.0 Å². The second kappa shape index (κ2) is 11.8. The molecule has 1 fully saturated rings. The van der Waals surface area contributed by atoms with Gasteiger partial charge in [0, 0.05) is 16.6 Å². The molecule has 3 aromatic rings. The lowest BCUT2D eigenvalue weighted by atomic mass is 10.2. The minimum Gasteiger partial charge on any atom is -0.490 e. The summed E-state index contributed by atoms with van der Waals surface area (Å²) in [7, 11) is -4.31. The number of carbonyl (C=O) groups excluding carboxylic acids is 1. The Labute approximate surface area is 244 Å². The van der Waals surface area contributed by atoms with Gasteiger partial charge in [-0.1, -0.05) is 15.9 Å². The van der Waals surface area contributed by atoms with E-state index in [0.29, 0.717) is 24.9 Å². The Morgan fingerprint density at radius 3 is 2.47 bits per heavy atom. The maximum Gasteiger partial charge on any atom is 0.339 e. The Bertz CT molecular complexity index is 1580. The molecule has 3 aromatic carbocycles. The summed E-state index contributed by atoms with van der Waals surface area (Å²) in [5, 5.41) is 14.0. The zero-order valence-electron chi connectivity index (χ0n) is 19.4. The molecule has 0 aliphatic carbocycles. The number of nitrogens with one attached hydrogen (secondary N) is 1. The molecule has 4 rings (SSSR count). The van der Waals surface area contributed by atoms with E-state index < -0.39 is 15.0 Å². The molecule has 1 heterocycles. The van der Waals surface area contributed by atoms with Gasteiger partial charge in [-0.3, -0.25) is 14.9 Å². The molecule has 0 atom stereocenters. The van der Waals surface area contributed by atoms with Gasteiger partial charge in [-0.05, 0) is 101 Å². The lowest BCUT2D eigenvalue weighted by Gasteiger charge is -2.14. The molecule has 196 valence electrons. The van der Waals surface area contributed by atoms with Crippen LogP contribution < -0.4 is 14.2 Å². The van der Waals surface area contributed by atoms with Crippen LogP contribution in [0.5, 0.6) is 11.5 Å². The summed E-state index contributed by atoms with van der Waals surface area (Å²) >= 11 is 6.46. The van der Waals surface area contributed by atoms with Crippen LogP contribution in [0, 0.1) is 13.7 Å². The van der Waals surface area contributed by atoms with Crippen molar-refractivity contribution < 1.29 is 27.1 Å². The van der Waals surface area contributed by atoms with Crippen molar-refractivity contribution in [2.75, 3.05) is 6.61 Å². The van der Waals surface area contributed by atoms with E-state index in [0.717, 1.165) is 28.7 Å². The second-order valence-corrected chi connectivity index (χ2v) is 12.2. The first-order chi connectivity index (χ1) is 18.1. The van der Waals surface area contributed by atoms with Gasteiger partial charge < -0.3 is 14.2 Å². The Balaban J connectivity index is 1.61. The fraction of sp³-hybridized carbons (Fsp3) is 0.0833. The van der Waals surface area contributed by atoms with Crippen LogP contribution in [0.2, 0.25) is 0 Å². The molecule has 0 spiro atoms. The Hall–Kier alpha value is -2.95. The molecule has 0 unspecified atom stereocenters. The molecule has 0 bridgehead atoms. The molecule has 1 aliphatic heterocycles. The van der Waals surface area contributed by atoms with Crippen molar-refractivity contribution in [3.8, 4) is 11.5 Å². The second-order valence-electron chi connectivity index (χ2n) is 7.51. The lowest BCUT2D eigenvalue weighted by Crippen LogP contribution is -2.19. The molecule has 1 N–H and O–H groups in total. The highest BCUT2D eigenvalue weighted by Gasteiger charge is 2.26. The summed E-state index contributed by atoms with van der Waals surface area (Å²) in [5.41, 5.74) is 1.02. The van der Waals surface area contributed by atoms with Gasteiger partial charge in [0.1, 0.15) is 4.90 Å². The molecule has 1 amide bonds. The number of ether oxygens (including phenoxy) is 1. The number of aliphatic imine (C=N–C) groups is 1. The van der Waals surface area contributed by atoms with E-state index in [1.807, 2.05) is 46.9 Å². The molecule has 0 saturated carbocycles. The summed E-state index contributed by atoms with van der Waals surface area (Å²) in [6.45, 7) is 1.96. The van der Waals surface area contributed by atoms with E-state index in [-0.39, 0.29) is 34.6 Å². The van der Waals surface area contributed by atoms with Crippen LogP contribution in [0.4, 0.5) is 11.4 Å². The maximum absolute atomic E-state index is 12.9. The van der Waals surface area contributed by atoms with Gasteiger partial charge in [0.2, 0.25) is 0 Å². The van der Waals surface area contributed by atoms with E-state index in [1.54, 1.807) is 25.1 Å². The fourth-order valence-electron chi connectivity index (χ4n) is 3.17. The number of hydrogen-bond acceptors (Lipinski definition) is 9. The normalized spacial score (nSPS) is 15.5. The zero-order valence-corrected chi connectivity index (χ0v) is 24.8. The molecule has 10 nitrogen and oxygen atoms in total. The monoisotopic (exact) mass is 729 g/mol. The first kappa shape index (κ1) is 28.1. The number of thioether (sulfide) groups is 1. The van der Waals surface area contributed by atoms with Gasteiger partial charge in [0.15, 0.2) is 16.7 Å². The van der Waals surface area contributed by atoms with Crippen LogP contribution in [0.15, 0.2) is 79.9 Å². The highest BCUT2D eigenvalue weighted by molar-refractivity contribution is 14.1. The molecular weight excluding hydrogens is 713 g/mol. The van der Waals surface area contributed by atoms with Crippen molar-refractivity contribution in [2.24, 2.45) is 4.99 Å². The van der Waals surface area contributed by atoms with Crippen molar-refractivity contribution >= 4 is 88.9 Å². The van der Waals surface area contributed by atoms with E-state index >= 15 is 0 Å². The third kappa shape index (κ3) is 6.73. The van der Waals surface area contributed by atoms with Crippen LogP contribution >= 0.6 is 50.3 Å². The molecule has 38 heavy (non-hydrogen) atoms. The van der Waals surface area contributed by atoms with E-state index in [2.05, 4.69) is 26.2 Å². The number of benzene rings is 3. The van der Waals surface area contributed by atoms with Crippen molar-refractivity contribution in [3.05, 3.63) is 89.3 Å². The molecule has 1 saturated heterocycles. The van der Waals surface area contributed by atoms with Crippen LogP contribution in [-0.2, 0) is 14.9 Å². The average molecular weight is 730 g/mol. The van der Waals surface area contributed by atoms with Crippen molar-refractivity contribution in [3.63, 3.8) is 0 Å². The average Bonchev–Trinajstić information content (AvgIpc) is 3.21. The number of nitro groups is 1. The number of non-ortho nitro benzene ring substituents is 1. The summed E-state index contributed by atoms with van der Waals surface area (Å²) in [5.74, 6) is -0.197. The fourth-order valence-corrected chi connectivity index (χ4v) is 6.12. The van der Waals surface area contributed by atoms with Crippen molar-refractivity contribution in [2.45, 2.75) is 11.8 Å². The Kier molecular flexibility index (Phi) is 8.74. The van der Waals surface area contributed by atoms with Gasteiger partial charge >= 0.3 is 10.1 Å². The summed E-state index contributed by atoms with van der Waals surface area (Å²) in [6, 6.07) is 14.9. The topological polar surface area (TPSA) is 137 Å². The summed E-state index contributed by atoms with van der Waals surface area (Å²) < 4.78 is 38.1. The van der Waals surface area contributed by atoms with Gasteiger partial charge in [0.05, 0.1) is 25.7 Å². The summed E-state index contributed by atoms with van der Waals surface area (Å²) in [6.07, 6.45) is 1.64. The first-order valence-corrected chi connectivity index (χ1v) is 14.9. The number of nitro benzene ring substituents is 1. The molecule has 14 heteroatoms. The van der Waals surface area contributed by atoms with Crippen LogP contribution in [0.25, 0.3) is 6.08 Å². The van der Waals surface area contributed by atoms with Crippen LogP contribution in [0.1, 0.15) is 12.5 Å². The highest BCUT2D eigenvalue weighted by Crippen LogP contribution is 2.38. The maximum atomic E-state index is 12.9. The predicted octanol–water partition coefficient (Wildman–Crippen LogP) is 6.02. The van der Waals surface area contributed by atoms with E-state index in [4.69, 9.17) is 8.92 Å². The number of amidine groups is 1. The molecule has 0 aromatic heterocycles. The molecule has 1 aliphatic rings. The zero-order chi connectivity index (χ0) is 27.4.